The first-order valence-electron chi connectivity index (χ1n) is 9.73. The van der Waals surface area contributed by atoms with Gasteiger partial charge in [-0.3, -0.25) is 5.21 Å². The van der Waals surface area contributed by atoms with Crippen LogP contribution in [0.4, 0.5) is 4.79 Å². The first-order valence-corrected chi connectivity index (χ1v) is 9.73. The number of hydroxylamine groups is 2. The molecule has 2 aromatic carbocycles. The molecule has 0 aromatic heterocycles. The van der Waals surface area contributed by atoms with Crippen LogP contribution >= 0.6 is 0 Å². The quantitative estimate of drug-likeness (QED) is 0.381. The Morgan fingerprint density at radius 1 is 0.931 bits per heavy atom. The van der Waals surface area contributed by atoms with Crippen molar-refractivity contribution in [3.05, 3.63) is 71.8 Å². The van der Waals surface area contributed by atoms with Crippen LogP contribution in [0, 0.1) is 0 Å². The Morgan fingerprint density at radius 2 is 1.55 bits per heavy atom. The molecule has 1 aliphatic carbocycles. The van der Waals surface area contributed by atoms with Gasteiger partial charge < -0.3 is 19.3 Å². The van der Waals surface area contributed by atoms with Gasteiger partial charge in [-0.1, -0.05) is 60.7 Å². The Kier molecular flexibility index (Phi) is 8.01. The zero-order valence-corrected chi connectivity index (χ0v) is 16.2. The summed E-state index contributed by atoms with van der Waals surface area (Å²) in [6.07, 6.45) is -1.50. The molecule has 1 saturated carbocycles. The molecule has 2 aromatic rings. The van der Waals surface area contributed by atoms with Gasteiger partial charge in [-0.05, 0) is 24.0 Å². The predicted octanol–water partition coefficient (Wildman–Crippen LogP) is 3.14. The van der Waals surface area contributed by atoms with E-state index in [9.17, 15) is 15.1 Å². The standard InChI is InChI=1S/C22H27NO6/c24-20-13-19(23(26)22(25)29-16-18-9-5-2-6-10-18)14-21(20)28-12-11-27-15-17-7-3-1-4-8-17/h1-10,19-21,24,26H,11-16H2. The van der Waals surface area contributed by atoms with Crippen molar-refractivity contribution in [2.45, 2.75) is 44.3 Å². The second kappa shape index (κ2) is 10.9. The maximum absolute atomic E-state index is 12.1. The van der Waals surface area contributed by atoms with Gasteiger partial charge in [0, 0.05) is 0 Å². The number of carbonyl (C=O) groups is 1. The number of carbonyl (C=O) groups excluding carboxylic acids is 1. The third kappa shape index (κ3) is 6.54. The molecular weight excluding hydrogens is 374 g/mol. The fourth-order valence-corrected chi connectivity index (χ4v) is 3.29. The summed E-state index contributed by atoms with van der Waals surface area (Å²) in [7, 11) is 0. The van der Waals surface area contributed by atoms with Gasteiger partial charge in [0.25, 0.3) is 0 Å². The van der Waals surface area contributed by atoms with Crippen LogP contribution in [0.5, 0.6) is 0 Å². The molecule has 7 nitrogen and oxygen atoms in total. The fourth-order valence-electron chi connectivity index (χ4n) is 3.29. The number of hydrogen-bond donors (Lipinski definition) is 2. The molecule has 1 aliphatic rings. The van der Waals surface area contributed by atoms with Gasteiger partial charge in [-0.25, -0.2) is 4.79 Å². The number of rotatable bonds is 9. The van der Waals surface area contributed by atoms with Gasteiger partial charge >= 0.3 is 6.09 Å². The number of hydrogen-bond acceptors (Lipinski definition) is 6. The van der Waals surface area contributed by atoms with E-state index in [4.69, 9.17) is 14.2 Å². The molecule has 0 heterocycles. The van der Waals surface area contributed by atoms with Crippen molar-refractivity contribution >= 4 is 6.09 Å². The van der Waals surface area contributed by atoms with E-state index in [-0.39, 0.29) is 13.0 Å². The summed E-state index contributed by atoms with van der Waals surface area (Å²) in [5.41, 5.74) is 1.91. The normalized spacial score (nSPS) is 21.1. The van der Waals surface area contributed by atoms with Gasteiger partial charge in [0.15, 0.2) is 0 Å². The van der Waals surface area contributed by atoms with Gasteiger partial charge in [-0.2, -0.15) is 5.06 Å². The third-order valence-electron chi connectivity index (χ3n) is 4.86. The van der Waals surface area contributed by atoms with Gasteiger partial charge in [0.2, 0.25) is 0 Å². The minimum absolute atomic E-state index is 0.0741. The van der Waals surface area contributed by atoms with Crippen molar-refractivity contribution in [1.82, 2.24) is 5.06 Å². The molecule has 3 rings (SSSR count). The van der Waals surface area contributed by atoms with E-state index >= 15 is 0 Å². The summed E-state index contributed by atoms with van der Waals surface area (Å²) >= 11 is 0. The second-order valence-corrected chi connectivity index (χ2v) is 7.02. The molecule has 0 bridgehead atoms. The zero-order chi connectivity index (χ0) is 20.5. The lowest BCUT2D eigenvalue weighted by molar-refractivity contribution is -0.108. The topological polar surface area (TPSA) is 88.5 Å². The number of ether oxygens (including phenoxy) is 3. The van der Waals surface area contributed by atoms with E-state index in [0.29, 0.717) is 31.3 Å². The maximum Gasteiger partial charge on any atom is 0.434 e. The minimum atomic E-state index is -0.835. The number of nitrogens with zero attached hydrogens (tertiary/aromatic N) is 1. The summed E-state index contributed by atoms with van der Waals surface area (Å²) in [6.45, 7) is 1.29. The highest BCUT2D eigenvalue weighted by molar-refractivity contribution is 5.66. The number of aliphatic hydroxyl groups is 1. The smallest absolute Gasteiger partial charge is 0.434 e. The van der Waals surface area contributed by atoms with Crippen LogP contribution in [0.2, 0.25) is 0 Å². The number of benzene rings is 2. The highest BCUT2D eigenvalue weighted by Gasteiger charge is 2.39. The number of aliphatic hydroxyl groups excluding tert-OH is 1. The molecule has 29 heavy (non-hydrogen) atoms. The molecule has 0 spiro atoms. The molecule has 3 atom stereocenters. The average Bonchev–Trinajstić information content (AvgIpc) is 3.13. The van der Waals surface area contributed by atoms with Crippen molar-refractivity contribution in [1.29, 1.82) is 0 Å². The summed E-state index contributed by atoms with van der Waals surface area (Å²) < 4.78 is 16.4. The van der Waals surface area contributed by atoms with Crippen LogP contribution in [0.3, 0.4) is 0 Å². The van der Waals surface area contributed by atoms with Gasteiger partial charge in [-0.15, -0.1) is 0 Å². The molecule has 1 amide bonds. The second-order valence-electron chi connectivity index (χ2n) is 7.02. The lowest BCUT2D eigenvalue weighted by Gasteiger charge is -2.21. The summed E-state index contributed by atoms with van der Waals surface area (Å²) in [6, 6.07) is 18.5. The van der Waals surface area contributed by atoms with Crippen LogP contribution in [-0.2, 0) is 27.4 Å². The molecule has 2 N–H and O–H groups in total. The van der Waals surface area contributed by atoms with E-state index in [1.807, 2.05) is 60.7 Å². The van der Waals surface area contributed by atoms with E-state index < -0.39 is 24.3 Å². The maximum atomic E-state index is 12.1. The third-order valence-corrected chi connectivity index (χ3v) is 4.86. The number of amides is 1. The largest absolute Gasteiger partial charge is 0.443 e. The van der Waals surface area contributed by atoms with Gasteiger partial charge in [0.05, 0.1) is 38.1 Å². The Labute approximate surface area is 170 Å². The van der Waals surface area contributed by atoms with Crippen molar-refractivity contribution in [3.63, 3.8) is 0 Å². The highest BCUT2D eigenvalue weighted by Crippen LogP contribution is 2.27. The van der Waals surface area contributed by atoms with Crippen LogP contribution in [0.25, 0.3) is 0 Å². The zero-order valence-electron chi connectivity index (χ0n) is 16.2. The molecular formula is C22H27NO6. The average molecular weight is 401 g/mol. The van der Waals surface area contributed by atoms with Gasteiger partial charge in [0.1, 0.15) is 6.61 Å². The lowest BCUT2D eigenvalue weighted by atomic mass is 10.2. The van der Waals surface area contributed by atoms with E-state index in [1.165, 1.54) is 0 Å². The summed E-state index contributed by atoms with van der Waals surface area (Å²) in [5.74, 6) is 0. The molecule has 0 radical (unpaired) electrons. The van der Waals surface area contributed by atoms with Crippen molar-refractivity contribution in [2.24, 2.45) is 0 Å². The van der Waals surface area contributed by atoms with Crippen molar-refractivity contribution in [2.75, 3.05) is 13.2 Å². The Balaban J connectivity index is 1.35. The predicted molar refractivity (Wildman–Crippen MR) is 105 cm³/mol. The monoisotopic (exact) mass is 401 g/mol. The summed E-state index contributed by atoms with van der Waals surface area (Å²) in [5, 5.41) is 20.9. The molecule has 3 unspecified atom stereocenters. The van der Waals surface area contributed by atoms with Crippen LogP contribution < -0.4 is 0 Å². The first-order chi connectivity index (χ1) is 14.1. The Hall–Kier alpha value is -2.45. The molecule has 0 saturated heterocycles. The first kappa shape index (κ1) is 21.3. The fraction of sp³-hybridized carbons (Fsp3) is 0.409. The van der Waals surface area contributed by atoms with E-state index in [2.05, 4.69) is 0 Å². The lowest BCUT2D eigenvalue weighted by Crippen LogP contribution is -2.37. The van der Waals surface area contributed by atoms with E-state index in [1.54, 1.807) is 0 Å². The SMILES string of the molecule is O=C(OCc1ccccc1)N(O)C1CC(O)C(OCCOCc2ccccc2)C1. The van der Waals surface area contributed by atoms with Crippen molar-refractivity contribution in [3.8, 4) is 0 Å². The van der Waals surface area contributed by atoms with Crippen LogP contribution in [-0.4, -0.2) is 52.9 Å². The highest BCUT2D eigenvalue weighted by atomic mass is 16.6. The minimum Gasteiger partial charge on any atom is -0.443 e. The Morgan fingerprint density at radius 3 is 2.21 bits per heavy atom. The van der Waals surface area contributed by atoms with Crippen LogP contribution in [0.1, 0.15) is 24.0 Å². The molecule has 0 aliphatic heterocycles. The van der Waals surface area contributed by atoms with Crippen LogP contribution in [0.15, 0.2) is 60.7 Å². The molecule has 1 fully saturated rings. The van der Waals surface area contributed by atoms with E-state index in [0.717, 1.165) is 11.1 Å². The van der Waals surface area contributed by atoms with Crippen molar-refractivity contribution < 1.29 is 29.3 Å². The summed E-state index contributed by atoms with van der Waals surface area (Å²) in [4.78, 5) is 12.1. The molecule has 7 heteroatoms. The molecule has 156 valence electrons. The Bertz CT molecular complexity index is 741.